The SMILES string of the molecule is CCCCNC(=O)CC1=NC(=O)N=C1. The molecule has 0 fully saturated rings. The fourth-order valence-electron chi connectivity index (χ4n) is 1.03. The number of rotatable bonds is 5. The number of nitrogens with one attached hydrogen (secondary N) is 1. The van der Waals surface area contributed by atoms with Crippen LogP contribution in [0.5, 0.6) is 0 Å². The van der Waals surface area contributed by atoms with Crippen LogP contribution in [0.2, 0.25) is 0 Å². The summed E-state index contributed by atoms with van der Waals surface area (Å²) >= 11 is 0. The lowest BCUT2D eigenvalue weighted by molar-refractivity contribution is -0.119. The molecule has 5 heteroatoms. The summed E-state index contributed by atoms with van der Waals surface area (Å²) in [5.41, 5.74) is 0.434. The first-order chi connectivity index (χ1) is 6.72. The predicted octanol–water partition coefficient (Wildman–Crippen LogP) is 0.938. The van der Waals surface area contributed by atoms with Gasteiger partial charge in [0.15, 0.2) is 0 Å². The summed E-state index contributed by atoms with van der Waals surface area (Å²) in [7, 11) is 0. The van der Waals surface area contributed by atoms with E-state index in [1.54, 1.807) is 0 Å². The number of amides is 3. The molecule has 5 nitrogen and oxygen atoms in total. The van der Waals surface area contributed by atoms with Gasteiger partial charge in [0.05, 0.1) is 18.3 Å². The Morgan fingerprint density at radius 3 is 2.93 bits per heavy atom. The average Bonchev–Trinajstić information content (AvgIpc) is 2.52. The van der Waals surface area contributed by atoms with Gasteiger partial charge in [-0.15, -0.1) is 0 Å². The minimum Gasteiger partial charge on any atom is -0.356 e. The molecule has 0 radical (unpaired) electrons. The van der Waals surface area contributed by atoms with E-state index < -0.39 is 6.03 Å². The molecule has 0 aliphatic carbocycles. The zero-order valence-corrected chi connectivity index (χ0v) is 8.12. The summed E-state index contributed by atoms with van der Waals surface area (Å²) in [5, 5.41) is 2.73. The molecule has 0 atom stereocenters. The molecule has 0 saturated heterocycles. The summed E-state index contributed by atoms with van der Waals surface area (Å²) < 4.78 is 0. The maximum atomic E-state index is 11.2. The highest BCUT2D eigenvalue weighted by atomic mass is 16.2. The van der Waals surface area contributed by atoms with Gasteiger partial charge in [0.2, 0.25) is 5.91 Å². The van der Waals surface area contributed by atoms with E-state index in [9.17, 15) is 9.59 Å². The van der Waals surface area contributed by atoms with Crippen molar-refractivity contribution in [3.05, 3.63) is 0 Å². The van der Waals surface area contributed by atoms with E-state index >= 15 is 0 Å². The largest absolute Gasteiger partial charge is 0.367 e. The van der Waals surface area contributed by atoms with Gasteiger partial charge in [-0.05, 0) is 6.42 Å². The minimum atomic E-state index is -0.527. The maximum absolute atomic E-state index is 11.2. The van der Waals surface area contributed by atoms with Crippen molar-refractivity contribution in [1.82, 2.24) is 5.32 Å². The van der Waals surface area contributed by atoms with Gasteiger partial charge in [-0.1, -0.05) is 13.3 Å². The van der Waals surface area contributed by atoms with Gasteiger partial charge in [-0.2, -0.15) is 9.98 Å². The molecule has 1 N–H and O–H groups in total. The van der Waals surface area contributed by atoms with Gasteiger partial charge in [0, 0.05) is 6.54 Å². The summed E-state index contributed by atoms with van der Waals surface area (Å²) in [6.07, 6.45) is 3.48. The van der Waals surface area contributed by atoms with Crippen LogP contribution in [0.25, 0.3) is 0 Å². The number of hydrogen-bond donors (Lipinski definition) is 1. The summed E-state index contributed by atoms with van der Waals surface area (Å²) in [5.74, 6) is -0.113. The van der Waals surface area contributed by atoms with Crippen LogP contribution in [0, 0.1) is 0 Å². The van der Waals surface area contributed by atoms with Crippen molar-refractivity contribution >= 4 is 23.9 Å². The molecule has 1 rings (SSSR count). The van der Waals surface area contributed by atoms with Gasteiger partial charge in [-0.25, -0.2) is 4.79 Å². The first kappa shape index (κ1) is 10.6. The molecule has 3 amide bonds. The first-order valence-corrected chi connectivity index (χ1v) is 4.64. The van der Waals surface area contributed by atoms with Gasteiger partial charge in [0.25, 0.3) is 0 Å². The van der Waals surface area contributed by atoms with Crippen LogP contribution in [0.3, 0.4) is 0 Å². The molecule has 14 heavy (non-hydrogen) atoms. The van der Waals surface area contributed by atoms with Crippen molar-refractivity contribution in [2.75, 3.05) is 6.54 Å². The van der Waals surface area contributed by atoms with Crippen molar-refractivity contribution < 1.29 is 9.59 Å². The third-order valence-corrected chi connectivity index (χ3v) is 1.76. The van der Waals surface area contributed by atoms with Gasteiger partial charge < -0.3 is 5.32 Å². The van der Waals surface area contributed by atoms with Crippen LogP contribution < -0.4 is 5.32 Å². The molecule has 0 unspecified atom stereocenters. The highest BCUT2D eigenvalue weighted by molar-refractivity contribution is 6.40. The summed E-state index contributed by atoms with van der Waals surface area (Å²) in [6, 6.07) is -0.527. The fraction of sp³-hybridized carbons (Fsp3) is 0.556. The van der Waals surface area contributed by atoms with Gasteiger partial charge >= 0.3 is 6.03 Å². The number of unbranched alkanes of at least 4 members (excludes halogenated alkanes) is 1. The van der Waals surface area contributed by atoms with Crippen LogP contribution in [0.4, 0.5) is 4.79 Å². The van der Waals surface area contributed by atoms with E-state index in [1.165, 1.54) is 6.21 Å². The number of urea groups is 1. The third-order valence-electron chi connectivity index (χ3n) is 1.76. The van der Waals surface area contributed by atoms with Crippen LogP contribution in [0.1, 0.15) is 26.2 Å². The molecular formula is C9H13N3O2. The number of hydrogen-bond acceptors (Lipinski definition) is 2. The second-order valence-electron chi connectivity index (χ2n) is 3.02. The molecule has 0 spiro atoms. The second-order valence-corrected chi connectivity index (χ2v) is 3.02. The van der Waals surface area contributed by atoms with Gasteiger partial charge in [-0.3, -0.25) is 4.79 Å². The number of carbonyl (C=O) groups excluding carboxylic acids is 2. The smallest absolute Gasteiger partial charge is 0.356 e. The molecule has 0 saturated carbocycles. The molecular weight excluding hydrogens is 182 g/mol. The van der Waals surface area contributed by atoms with E-state index in [1.807, 2.05) is 0 Å². The Morgan fingerprint density at radius 1 is 1.57 bits per heavy atom. The lowest BCUT2D eigenvalue weighted by Gasteiger charge is -2.01. The molecule has 1 aliphatic rings. The Bertz CT molecular complexity index is 294. The van der Waals surface area contributed by atoms with Crippen LogP contribution in [-0.4, -0.2) is 30.4 Å². The zero-order chi connectivity index (χ0) is 10.4. The molecule has 0 bridgehead atoms. The van der Waals surface area contributed by atoms with E-state index in [-0.39, 0.29) is 12.3 Å². The Morgan fingerprint density at radius 2 is 2.36 bits per heavy atom. The van der Waals surface area contributed by atoms with E-state index in [0.717, 1.165) is 12.8 Å². The molecule has 0 aromatic carbocycles. The minimum absolute atomic E-state index is 0.113. The maximum Gasteiger partial charge on any atom is 0.367 e. The molecule has 1 heterocycles. The standard InChI is InChI=1S/C9H13N3O2/c1-2-3-4-10-8(13)5-7-6-11-9(14)12-7/h6H,2-5H2,1H3,(H,10,13). The lowest BCUT2D eigenvalue weighted by Crippen LogP contribution is -2.26. The van der Waals surface area contributed by atoms with Crippen molar-refractivity contribution in [3.8, 4) is 0 Å². The molecule has 0 aromatic rings. The van der Waals surface area contributed by atoms with Crippen molar-refractivity contribution in [3.63, 3.8) is 0 Å². The van der Waals surface area contributed by atoms with E-state index in [0.29, 0.717) is 12.3 Å². The quantitative estimate of drug-likeness (QED) is 0.663. The summed E-state index contributed by atoms with van der Waals surface area (Å²) in [6.45, 7) is 2.73. The monoisotopic (exact) mass is 195 g/mol. The average molecular weight is 195 g/mol. The first-order valence-electron chi connectivity index (χ1n) is 4.64. The Kier molecular flexibility index (Phi) is 3.97. The predicted molar refractivity (Wildman–Crippen MR) is 53.9 cm³/mol. The van der Waals surface area contributed by atoms with Gasteiger partial charge in [0.1, 0.15) is 0 Å². The molecule has 76 valence electrons. The van der Waals surface area contributed by atoms with Crippen LogP contribution in [-0.2, 0) is 4.79 Å². The zero-order valence-electron chi connectivity index (χ0n) is 8.12. The molecule has 0 aromatic heterocycles. The van der Waals surface area contributed by atoms with Crippen molar-refractivity contribution in [2.24, 2.45) is 9.98 Å². The third kappa shape index (κ3) is 3.47. The van der Waals surface area contributed by atoms with E-state index in [4.69, 9.17) is 0 Å². The molecule has 1 aliphatic heterocycles. The topological polar surface area (TPSA) is 70.9 Å². The van der Waals surface area contributed by atoms with Crippen molar-refractivity contribution in [2.45, 2.75) is 26.2 Å². The lowest BCUT2D eigenvalue weighted by atomic mass is 10.2. The highest BCUT2D eigenvalue weighted by Crippen LogP contribution is 1.96. The number of nitrogens with zero attached hydrogens (tertiary/aromatic N) is 2. The number of carbonyl (C=O) groups is 2. The second kappa shape index (κ2) is 5.26. The normalized spacial score (nSPS) is 14.4. The Hall–Kier alpha value is -1.52. The van der Waals surface area contributed by atoms with Crippen LogP contribution >= 0.6 is 0 Å². The summed E-state index contributed by atoms with van der Waals surface area (Å²) in [4.78, 5) is 28.8. The van der Waals surface area contributed by atoms with Crippen LogP contribution in [0.15, 0.2) is 9.98 Å². The van der Waals surface area contributed by atoms with Crippen molar-refractivity contribution in [1.29, 1.82) is 0 Å². The Labute approximate surface area is 82.3 Å². The highest BCUT2D eigenvalue weighted by Gasteiger charge is 2.11. The number of aliphatic imine (C=N–C) groups is 2. The Balaban J connectivity index is 2.24. The van der Waals surface area contributed by atoms with E-state index in [2.05, 4.69) is 22.2 Å². The fourth-order valence-corrected chi connectivity index (χ4v) is 1.03.